The molecular formula is C14H22N2OS. The number of pyridine rings is 1. The van der Waals surface area contributed by atoms with Gasteiger partial charge in [0.25, 0.3) is 0 Å². The van der Waals surface area contributed by atoms with Gasteiger partial charge in [-0.25, -0.2) is 4.98 Å². The third-order valence-corrected chi connectivity index (χ3v) is 4.42. The average molecular weight is 266 g/mol. The molecule has 0 saturated carbocycles. The summed E-state index contributed by atoms with van der Waals surface area (Å²) in [6, 6.07) is 4.79. The summed E-state index contributed by atoms with van der Waals surface area (Å²) in [5.74, 6) is 1.70. The number of hydrogen-bond acceptors (Lipinski definition) is 4. The molecule has 1 aliphatic rings. The minimum Gasteiger partial charge on any atom is -0.381 e. The summed E-state index contributed by atoms with van der Waals surface area (Å²) in [6.45, 7) is 5.98. The molecule has 100 valence electrons. The minimum absolute atomic E-state index is 0.514. The fourth-order valence-electron chi connectivity index (χ4n) is 2.38. The summed E-state index contributed by atoms with van der Waals surface area (Å²) in [4.78, 5) is 4.57. The summed E-state index contributed by atoms with van der Waals surface area (Å²) in [7, 11) is 2.04. The van der Waals surface area contributed by atoms with E-state index in [0.29, 0.717) is 12.0 Å². The lowest BCUT2D eigenvalue weighted by Crippen LogP contribution is -2.36. The molecule has 3 nitrogen and oxygen atoms in total. The van der Waals surface area contributed by atoms with Crippen molar-refractivity contribution in [2.75, 3.05) is 26.0 Å². The zero-order valence-corrected chi connectivity index (χ0v) is 12.2. The van der Waals surface area contributed by atoms with E-state index in [-0.39, 0.29) is 0 Å². The Morgan fingerprint density at radius 1 is 1.50 bits per heavy atom. The quantitative estimate of drug-likeness (QED) is 0.830. The average Bonchev–Trinajstić information content (AvgIpc) is 2.82. The lowest BCUT2D eigenvalue weighted by Gasteiger charge is -2.21. The van der Waals surface area contributed by atoms with Crippen LogP contribution in [0, 0.1) is 19.8 Å². The molecule has 2 unspecified atom stereocenters. The van der Waals surface area contributed by atoms with E-state index in [4.69, 9.17) is 4.74 Å². The SMILES string of the molecule is CNC(CSc1cc(C)cc(C)n1)C1CCOC1. The molecule has 2 heterocycles. The van der Waals surface area contributed by atoms with Crippen molar-refractivity contribution in [3.8, 4) is 0 Å². The van der Waals surface area contributed by atoms with Gasteiger partial charge in [-0.3, -0.25) is 0 Å². The first kappa shape index (κ1) is 13.8. The number of rotatable bonds is 5. The molecule has 2 rings (SSSR count). The number of nitrogens with zero attached hydrogens (tertiary/aromatic N) is 1. The van der Waals surface area contributed by atoms with Crippen LogP contribution in [0.2, 0.25) is 0 Å². The Morgan fingerprint density at radius 2 is 2.33 bits per heavy atom. The van der Waals surface area contributed by atoms with Crippen LogP contribution in [0.15, 0.2) is 17.2 Å². The second kappa shape index (κ2) is 6.55. The number of thioether (sulfide) groups is 1. The second-order valence-corrected chi connectivity index (χ2v) is 5.99. The number of ether oxygens (including phenoxy) is 1. The van der Waals surface area contributed by atoms with Gasteiger partial charge in [0.2, 0.25) is 0 Å². The predicted octanol–water partition coefficient (Wildman–Crippen LogP) is 2.42. The Balaban J connectivity index is 1.92. The molecular weight excluding hydrogens is 244 g/mol. The van der Waals surface area contributed by atoms with Gasteiger partial charge in [0.1, 0.15) is 0 Å². The summed E-state index contributed by atoms with van der Waals surface area (Å²) in [5.41, 5.74) is 2.39. The topological polar surface area (TPSA) is 34.2 Å². The molecule has 1 aromatic heterocycles. The van der Waals surface area contributed by atoms with E-state index in [0.717, 1.165) is 29.7 Å². The van der Waals surface area contributed by atoms with Gasteiger partial charge in [-0.15, -0.1) is 11.8 Å². The van der Waals surface area contributed by atoms with Crippen molar-refractivity contribution < 1.29 is 4.74 Å². The Kier molecular flexibility index (Phi) is 5.03. The Hall–Kier alpha value is -0.580. The van der Waals surface area contributed by atoms with Crippen LogP contribution in [0.3, 0.4) is 0 Å². The van der Waals surface area contributed by atoms with E-state index < -0.39 is 0 Å². The van der Waals surface area contributed by atoms with Crippen LogP contribution in [-0.2, 0) is 4.74 Å². The fourth-order valence-corrected chi connectivity index (χ4v) is 3.65. The number of aromatic nitrogens is 1. The summed E-state index contributed by atoms with van der Waals surface area (Å²) < 4.78 is 5.47. The molecule has 1 aromatic rings. The van der Waals surface area contributed by atoms with E-state index in [1.807, 2.05) is 18.8 Å². The summed E-state index contributed by atoms with van der Waals surface area (Å²) >= 11 is 1.84. The van der Waals surface area contributed by atoms with Gasteiger partial charge in [0.05, 0.1) is 11.6 Å². The molecule has 0 aliphatic carbocycles. The van der Waals surface area contributed by atoms with E-state index >= 15 is 0 Å². The molecule has 0 aromatic carbocycles. The van der Waals surface area contributed by atoms with Gasteiger partial charge in [0.15, 0.2) is 0 Å². The standard InChI is InChI=1S/C14H22N2OS/c1-10-6-11(2)16-14(7-10)18-9-13(15-3)12-4-5-17-8-12/h6-7,12-13,15H,4-5,8-9H2,1-3H3. The lowest BCUT2D eigenvalue weighted by molar-refractivity contribution is 0.180. The first-order valence-corrected chi connectivity index (χ1v) is 7.50. The molecule has 1 aliphatic heterocycles. The highest BCUT2D eigenvalue weighted by Gasteiger charge is 2.24. The van der Waals surface area contributed by atoms with Gasteiger partial charge < -0.3 is 10.1 Å². The lowest BCUT2D eigenvalue weighted by atomic mass is 10.0. The number of nitrogens with one attached hydrogen (secondary N) is 1. The molecule has 18 heavy (non-hydrogen) atoms. The van der Waals surface area contributed by atoms with Gasteiger partial charge in [-0.2, -0.15) is 0 Å². The zero-order chi connectivity index (χ0) is 13.0. The van der Waals surface area contributed by atoms with E-state index in [2.05, 4.69) is 36.3 Å². The molecule has 4 heteroatoms. The summed E-state index contributed by atoms with van der Waals surface area (Å²) in [5, 5.41) is 4.55. The highest BCUT2D eigenvalue weighted by atomic mass is 32.2. The van der Waals surface area contributed by atoms with Crippen molar-refractivity contribution in [2.24, 2.45) is 5.92 Å². The second-order valence-electron chi connectivity index (χ2n) is 4.95. The van der Waals surface area contributed by atoms with Gasteiger partial charge in [-0.1, -0.05) is 0 Å². The number of hydrogen-bond donors (Lipinski definition) is 1. The maximum atomic E-state index is 5.47. The minimum atomic E-state index is 0.514. The van der Waals surface area contributed by atoms with Crippen LogP contribution >= 0.6 is 11.8 Å². The van der Waals surface area contributed by atoms with Crippen LogP contribution < -0.4 is 5.32 Å². The van der Waals surface area contributed by atoms with Gasteiger partial charge in [0, 0.05) is 30.0 Å². The van der Waals surface area contributed by atoms with Crippen molar-refractivity contribution in [1.82, 2.24) is 10.3 Å². The van der Waals surface area contributed by atoms with Crippen molar-refractivity contribution in [3.63, 3.8) is 0 Å². The summed E-state index contributed by atoms with van der Waals surface area (Å²) in [6.07, 6.45) is 1.17. The number of aryl methyl sites for hydroxylation is 2. The van der Waals surface area contributed by atoms with Crippen molar-refractivity contribution in [2.45, 2.75) is 31.3 Å². The Bertz CT molecular complexity index is 371. The van der Waals surface area contributed by atoms with Gasteiger partial charge >= 0.3 is 0 Å². The molecule has 2 atom stereocenters. The molecule has 0 amide bonds. The normalized spacial score (nSPS) is 21.2. The maximum absolute atomic E-state index is 5.47. The van der Waals surface area contributed by atoms with Gasteiger partial charge in [-0.05, 0) is 45.0 Å². The van der Waals surface area contributed by atoms with Crippen LogP contribution in [0.25, 0.3) is 0 Å². The van der Waals surface area contributed by atoms with Crippen LogP contribution in [0.5, 0.6) is 0 Å². The molecule has 1 saturated heterocycles. The highest BCUT2D eigenvalue weighted by Crippen LogP contribution is 2.24. The highest BCUT2D eigenvalue weighted by molar-refractivity contribution is 7.99. The van der Waals surface area contributed by atoms with Crippen LogP contribution in [-0.4, -0.2) is 37.0 Å². The Labute approximate surface area is 114 Å². The first-order valence-electron chi connectivity index (χ1n) is 6.52. The maximum Gasteiger partial charge on any atom is 0.0966 e. The first-order chi connectivity index (χ1) is 8.69. The van der Waals surface area contributed by atoms with Crippen molar-refractivity contribution in [3.05, 3.63) is 23.4 Å². The Morgan fingerprint density at radius 3 is 2.94 bits per heavy atom. The third kappa shape index (κ3) is 3.70. The molecule has 1 fully saturated rings. The molecule has 0 spiro atoms. The largest absolute Gasteiger partial charge is 0.381 e. The van der Waals surface area contributed by atoms with Crippen molar-refractivity contribution >= 4 is 11.8 Å². The van der Waals surface area contributed by atoms with E-state index in [1.54, 1.807) is 0 Å². The fraction of sp³-hybridized carbons (Fsp3) is 0.643. The monoisotopic (exact) mass is 266 g/mol. The van der Waals surface area contributed by atoms with E-state index in [9.17, 15) is 0 Å². The molecule has 0 bridgehead atoms. The van der Waals surface area contributed by atoms with Crippen LogP contribution in [0.4, 0.5) is 0 Å². The molecule has 0 radical (unpaired) electrons. The molecule has 1 N–H and O–H groups in total. The van der Waals surface area contributed by atoms with Crippen LogP contribution in [0.1, 0.15) is 17.7 Å². The predicted molar refractivity (Wildman–Crippen MR) is 76.2 cm³/mol. The third-order valence-electron chi connectivity index (χ3n) is 3.39. The van der Waals surface area contributed by atoms with Crippen molar-refractivity contribution in [1.29, 1.82) is 0 Å². The zero-order valence-electron chi connectivity index (χ0n) is 11.4. The smallest absolute Gasteiger partial charge is 0.0966 e. The van der Waals surface area contributed by atoms with E-state index in [1.165, 1.54) is 12.0 Å².